The molecule has 0 unspecified atom stereocenters. The molecule has 2 heterocycles. The molecule has 3 nitrogen and oxygen atoms in total. The smallest absolute Gasteiger partial charge is 0.0879 e. The van der Waals surface area contributed by atoms with E-state index in [2.05, 4.69) is 34.3 Å². The van der Waals surface area contributed by atoms with Crippen LogP contribution in [-0.2, 0) is 0 Å². The fourth-order valence-corrected chi connectivity index (χ4v) is 2.43. The molecule has 3 rings (SSSR count). The van der Waals surface area contributed by atoms with Crippen LogP contribution in [0.2, 0.25) is 0 Å². The monoisotopic (exact) mass is 227 g/mol. The molecule has 3 heteroatoms. The van der Waals surface area contributed by atoms with Gasteiger partial charge in [-0.25, -0.2) is 4.68 Å². The zero-order valence-corrected chi connectivity index (χ0v) is 10.1. The van der Waals surface area contributed by atoms with E-state index in [0.29, 0.717) is 0 Å². The Morgan fingerprint density at radius 1 is 1.00 bits per heavy atom. The molecule has 0 saturated carbocycles. The standard InChI is InChI=1S/C14H17N3/c1-12-8-11-17(15-12)14-7-3-2-6-13(14)16-9-4-5-10-16/h2-3,6-8,11H,4-5,9-10H2,1H3. The summed E-state index contributed by atoms with van der Waals surface area (Å²) in [5.74, 6) is 0. The maximum Gasteiger partial charge on any atom is 0.0879 e. The quantitative estimate of drug-likeness (QED) is 0.786. The van der Waals surface area contributed by atoms with Crippen LogP contribution in [-0.4, -0.2) is 22.9 Å². The topological polar surface area (TPSA) is 21.1 Å². The molecule has 0 aliphatic carbocycles. The normalized spacial score (nSPS) is 15.5. The predicted octanol–water partition coefficient (Wildman–Crippen LogP) is 2.78. The molecule has 1 aromatic heterocycles. The van der Waals surface area contributed by atoms with Crippen molar-refractivity contribution >= 4 is 5.69 Å². The Morgan fingerprint density at radius 3 is 2.35 bits per heavy atom. The Hall–Kier alpha value is -1.77. The van der Waals surface area contributed by atoms with Gasteiger partial charge in [0.15, 0.2) is 0 Å². The van der Waals surface area contributed by atoms with Crippen molar-refractivity contribution in [1.82, 2.24) is 9.78 Å². The molecule has 1 fully saturated rings. The highest BCUT2D eigenvalue weighted by molar-refractivity contribution is 5.62. The minimum Gasteiger partial charge on any atom is -0.370 e. The largest absolute Gasteiger partial charge is 0.370 e. The van der Waals surface area contributed by atoms with Gasteiger partial charge >= 0.3 is 0 Å². The summed E-state index contributed by atoms with van der Waals surface area (Å²) in [6.45, 7) is 4.35. The molecule has 17 heavy (non-hydrogen) atoms. The predicted molar refractivity (Wildman–Crippen MR) is 69.7 cm³/mol. The van der Waals surface area contributed by atoms with E-state index < -0.39 is 0 Å². The van der Waals surface area contributed by atoms with Gasteiger partial charge < -0.3 is 4.90 Å². The number of para-hydroxylation sites is 2. The highest BCUT2D eigenvalue weighted by Gasteiger charge is 2.16. The first-order valence-corrected chi connectivity index (χ1v) is 6.21. The molecule has 0 amide bonds. The van der Waals surface area contributed by atoms with Crippen molar-refractivity contribution in [1.29, 1.82) is 0 Å². The maximum atomic E-state index is 4.50. The summed E-state index contributed by atoms with van der Waals surface area (Å²) in [6, 6.07) is 10.6. The molecule has 88 valence electrons. The average Bonchev–Trinajstić information content (AvgIpc) is 3.00. The minimum atomic E-state index is 1.06. The summed E-state index contributed by atoms with van der Waals surface area (Å²) in [4.78, 5) is 2.45. The van der Waals surface area contributed by atoms with E-state index in [-0.39, 0.29) is 0 Å². The molecule has 0 bridgehead atoms. The summed E-state index contributed by atoms with van der Waals surface area (Å²) in [6.07, 6.45) is 4.63. The van der Waals surface area contributed by atoms with Gasteiger partial charge in [-0.1, -0.05) is 12.1 Å². The van der Waals surface area contributed by atoms with Crippen LogP contribution < -0.4 is 4.90 Å². The highest BCUT2D eigenvalue weighted by Crippen LogP contribution is 2.26. The van der Waals surface area contributed by atoms with Crippen molar-refractivity contribution in [3.8, 4) is 5.69 Å². The van der Waals surface area contributed by atoms with Crippen LogP contribution >= 0.6 is 0 Å². The van der Waals surface area contributed by atoms with Gasteiger partial charge in [-0.3, -0.25) is 0 Å². The molecule has 1 aliphatic rings. The fraction of sp³-hybridized carbons (Fsp3) is 0.357. The van der Waals surface area contributed by atoms with E-state index in [4.69, 9.17) is 0 Å². The molecular formula is C14H17N3. The van der Waals surface area contributed by atoms with E-state index in [1.807, 2.05) is 23.9 Å². The lowest BCUT2D eigenvalue weighted by Crippen LogP contribution is -2.19. The molecule has 1 aliphatic heterocycles. The van der Waals surface area contributed by atoms with E-state index in [1.54, 1.807) is 0 Å². The van der Waals surface area contributed by atoms with Gasteiger partial charge in [0.25, 0.3) is 0 Å². The van der Waals surface area contributed by atoms with Crippen molar-refractivity contribution in [2.45, 2.75) is 19.8 Å². The first kappa shape index (κ1) is 10.4. The molecule has 0 N–H and O–H groups in total. The Bertz CT molecular complexity index is 510. The van der Waals surface area contributed by atoms with Crippen LogP contribution in [0.15, 0.2) is 36.5 Å². The Balaban J connectivity index is 2.03. The number of hydrogen-bond acceptors (Lipinski definition) is 2. The first-order valence-electron chi connectivity index (χ1n) is 6.21. The fourth-order valence-electron chi connectivity index (χ4n) is 2.43. The number of aryl methyl sites for hydroxylation is 1. The number of anilines is 1. The van der Waals surface area contributed by atoms with Crippen molar-refractivity contribution < 1.29 is 0 Å². The third kappa shape index (κ3) is 1.93. The highest BCUT2D eigenvalue weighted by atomic mass is 15.3. The second-order valence-electron chi connectivity index (χ2n) is 4.58. The summed E-state index contributed by atoms with van der Waals surface area (Å²) in [5.41, 5.74) is 3.54. The third-order valence-corrected chi connectivity index (χ3v) is 3.30. The van der Waals surface area contributed by atoms with Crippen molar-refractivity contribution in [2.24, 2.45) is 0 Å². The zero-order chi connectivity index (χ0) is 11.7. The summed E-state index contributed by atoms with van der Waals surface area (Å²) < 4.78 is 1.98. The maximum absolute atomic E-state index is 4.50. The van der Waals surface area contributed by atoms with E-state index in [9.17, 15) is 0 Å². The number of rotatable bonds is 2. The molecule has 1 saturated heterocycles. The van der Waals surface area contributed by atoms with Crippen LogP contribution in [0.1, 0.15) is 18.5 Å². The van der Waals surface area contributed by atoms with Gasteiger partial charge in [-0.15, -0.1) is 0 Å². The van der Waals surface area contributed by atoms with Crippen LogP contribution in [0.3, 0.4) is 0 Å². The summed E-state index contributed by atoms with van der Waals surface area (Å²) in [5, 5.41) is 4.50. The van der Waals surface area contributed by atoms with E-state index in [0.717, 1.165) is 18.8 Å². The van der Waals surface area contributed by atoms with Gasteiger partial charge in [-0.2, -0.15) is 5.10 Å². The molecular weight excluding hydrogens is 210 g/mol. The van der Waals surface area contributed by atoms with Crippen LogP contribution in [0.5, 0.6) is 0 Å². The molecule has 0 atom stereocenters. The van der Waals surface area contributed by atoms with Crippen LogP contribution in [0.25, 0.3) is 5.69 Å². The Morgan fingerprint density at radius 2 is 1.71 bits per heavy atom. The SMILES string of the molecule is Cc1ccn(-c2ccccc2N2CCCC2)n1. The van der Waals surface area contributed by atoms with Gasteiger partial charge in [0.05, 0.1) is 17.1 Å². The number of hydrogen-bond donors (Lipinski definition) is 0. The van der Waals surface area contributed by atoms with Gasteiger partial charge in [0.2, 0.25) is 0 Å². The van der Waals surface area contributed by atoms with Crippen LogP contribution in [0.4, 0.5) is 5.69 Å². The number of aromatic nitrogens is 2. The number of benzene rings is 1. The van der Waals surface area contributed by atoms with E-state index in [1.165, 1.54) is 24.2 Å². The van der Waals surface area contributed by atoms with Crippen molar-refractivity contribution in [3.63, 3.8) is 0 Å². The van der Waals surface area contributed by atoms with Gasteiger partial charge in [0, 0.05) is 19.3 Å². The second-order valence-corrected chi connectivity index (χ2v) is 4.58. The lowest BCUT2D eigenvalue weighted by molar-refractivity contribution is 0.848. The second kappa shape index (κ2) is 4.24. The first-order chi connectivity index (χ1) is 8.34. The van der Waals surface area contributed by atoms with E-state index >= 15 is 0 Å². The Labute approximate surface area is 102 Å². The number of nitrogens with zero attached hydrogens (tertiary/aromatic N) is 3. The van der Waals surface area contributed by atoms with Crippen molar-refractivity contribution in [3.05, 3.63) is 42.2 Å². The van der Waals surface area contributed by atoms with Gasteiger partial charge in [-0.05, 0) is 38.0 Å². The lowest BCUT2D eigenvalue weighted by atomic mass is 10.2. The summed E-state index contributed by atoms with van der Waals surface area (Å²) >= 11 is 0. The van der Waals surface area contributed by atoms with Gasteiger partial charge in [0.1, 0.15) is 0 Å². The van der Waals surface area contributed by atoms with Crippen molar-refractivity contribution in [2.75, 3.05) is 18.0 Å². The van der Waals surface area contributed by atoms with Crippen LogP contribution in [0, 0.1) is 6.92 Å². The molecule has 1 aromatic carbocycles. The average molecular weight is 227 g/mol. The molecule has 0 radical (unpaired) electrons. The lowest BCUT2D eigenvalue weighted by Gasteiger charge is -2.21. The zero-order valence-electron chi connectivity index (χ0n) is 10.1. The molecule has 2 aromatic rings. The minimum absolute atomic E-state index is 1.06. The Kier molecular flexibility index (Phi) is 2.59. The molecule has 0 spiro atoms. The third-order valence-electron chi connectivity index (χ3n) is 3.30. The summed E-state index contributed by atoms with van der Waals surface area (Å²) in [7, 11) is 0.